The molecule has 1 heterocycles. The van der Waals surface area contributed by atoms with Gasteiger partial charge in [-0.25, -0.2) is 4.98 Å². The molecule has 0 spiro atoms. The van der Waals surface area contributed by atoms with Crippen molar-refractivity contribution in [3.05, 3.63) is 11.1 Å². The highest BCUT2D eigenvalue weighted by Gasteiger charge is 2.33. The van der Waals surface area contributed by atoms with Gasteiger partial charge in [-0.05, 0) is 26.3 Å². The highest BCUT2D eigenvalue weighted by molar-refractivity contribution is 7.13. The Morgan fingerprint density at radius 1 is 1.30 bits per heavy atom. The highest BCUT2D eigenvalue weighted by Crippen LogP contribution is 2.27. The summed E-state index contributed by atoms with van der Waals surface area (Å²) >= 11 is 1.26. The van der Waals surface area contributed by atoms with Crippen molar-refractivity contribution in [3.8, 4) is 0 Å². The highest BCUT2D eigenvalue weighted by atomic mass is 32.1. The molecule has 0 amide bonds. The van der Waals surface area contributed by atoms with Gasteiger partial charge in [0.25, 0.3) is 0 Å². The summed E-state index contributed by atoms with van der Waals surface area (Å²) in [5.41, 5.74) is 0.790. The molecule has 0 bridgehead atoms. The standard InChI is InChI=1S/C13H22F3N3S/c1-9(2)5-17-6-11-7-20-12(18-11)19(10(3)4)8-13(14,15)16/h7,9-10,17H,5-6,8H2,1-4H3. The molecule has 7 heteroatoms. The van der Waals surface area contributed by atoms with E-state index in [0.717, 1.165) is 12.2 Å². The molecule has 0 saturated carbocycles. The monoisotopic (exact) mass is 309 g/mol. The topological polar surface area (TPSA) is 28.2 Å². The minimum atomic E-state index is -4.22. The van der Waals surface area contributed by atoms with Crippen LogP contribution < -0.4 is 10.2 Å². The number of hydrogen-bond donors (Lipinski definition) is 1. The molecule has 0 aliphatic rings. The molecule has 0 radical (unpaired) electrons. The fourth-order valence-corrected chi connectivity index (χ4v) is 2.62. The van der Waals surface area contributed by atoms with Crippen LogP contribution in [0.1, 0.15) is 33.4 Å². The van der Waals surface area contributed by atoms with Gasteiger partial charge in [0, 0.05) is 18.0 Å². The van der Waals surface area contributed by atoms with Gasteiger partial charge in [-0.15, -0.1) is 11.3 Å². The summed E-state index contributed by atoms with van der Waals surface area (Å²) in [6.07, 6.45) is -4.22. The lowest BCUT2D eigenvalue weighted by Crippen LogP contribution is -2.39. The molecule has 0 aliphatic carbocycles. The van der Waals surface area contributed by atoms with E-state index in [1.165, 1.54) is 16.2 Å². The summed E-state index contributed by atoms with van der Waals surface area (Å²) in [7, 11) is 0. The molecule has 1 rings (SSSR count). The summed E-state index contributed by atoms with van der Waals surface area (Å²) < 4.78 is 37.7. The lowest BCUT2D eigenvalue weighted by Gasteiger charge is -2.27. The Morgan fingerprint density at radius 2 is 1.95 bits per heavy atom. The second kappa shape index (κ2) is 7.26. The molecule has 0 aromatic carbocycles. The van der Waals surface area contributed by atoms with Crippen LogP contribution >= 0.6 is 11.3 Å². The van der Waals surface area contributed by atoms with E-state index in [9.17, 15) is 13.2 Å². The number of aromatic nitrogens is 1. The first-order valence-electron chi connectivity index (χ1n) is 6.67. The van der Waals surface area contributed by atoms with Crippen molar-refractivity contribution in [2.75, 3.05) is 18.0 Å². The van der Waals surface area contributed by atoms with Gasteiger partial charge in [0.15, 0.2) is 5.13 Å². The van der Waals surface area contributed by atoms with Crippen molar-refractivity contribution in [1.29, 1.82) is 0 Å². The lowest BCUT2D eigenvalue weighted by molar-refractivity contribution is -0.120. The number of halogens is 3. The van der Waals surface area contributed by atoms with Crippen molar-refractivity contribution in [1.82, 2.24) is 10.3 Å². The van der Waals surface area contributed by atoms with Crippen LogP contribution in [0.15, 0.2) is 5.38 Å². The van der Waals surface area contributed by atoms with Crippen LogP contribution in [0.3, 0.4) is 0 Å². The third-order valence-corrected chi connectivity index (χ3v) is 3.54. The number of rotatable bonds is 7. The zero-order valence-corrected chi connectivity index (χ0v) is 13.1. The molecule has 3 nitrogen and oxygen atoms in total. The van der Waals surface area contributed by atoms with Crippen molar-refractivity contribution in [2.45, 2.75) is 46.5 Å². The Balaban J connectivity index is 2.67. The maximum atomic E-state index is 12.6. The van der Waals surface area contributed by atoms with E-state index in [0.29, 0.717) is 17.6 Å². The van der Waals surface area contributed by atoms with Crippen LogP contribution in [0.4, 0.5) is 18.3 Å². The van der Waals surface area contributed by atoms with Crippen LogP contribution in [0, 0.1) is 5.92 Å². The fourth-order valence-electron chi connectivity index (χ4n) is 1.66. The van der Waals surface area contributed by atoms with Gasteiger partial charge >= 0.3 is 6.18 Å². The molecule has 0 unspecified atom stereocenters. The first-order chi connectivity index (χ1) is 9.19. The Hall–Kier alpha value is -0.820. The summed E-state index contributed by atoms with van der Waals surface area (Å²) in [5, 5.41) is 5.48. The number of hydrogen-bond acceptors (Lipinski definition) is 4. The molecular weight excluding hydrogens is 287 g/mol. The smallest absolute Gasteiger partial charge is 0.337 e. The van der Waals surface area contributed by atoms with E-state index in [4.69, 9.17) is 0 Å². The quantitative estimate of drug-likeness (QED) is 0.833. The van der Waals surface area contributed by atoms with Crippen LogP contribution in [-0.4, -0.2) is 30.3 Å². The molecule has 0 fully saturated rings. The lowest BCUT2D eigenvalue weighted by atomic mass is 10.2. The van der Waals surface area contributed by atoms with Gasteiger partial charge in [0.1, 0.15) is 6.54 Å². The Bertz CT molecular complexity index is 402. The number of thiazole rings is 1. The zero-order chi connectivity index (χ0) is 15.3. The summed E-state index contributed by atoms with van der Waals surface area (Å²) in [6.45, 7) is 8.17. The second-order valence-electron chi connectivity index (χ2n) is 5.48. The fraction of sp³-hybridized carbons (Fsp3) is 0.769. The largest absolute Gasteiger partial charge is 0.406 e. The first kappa shape index (κ1) is 17.2. The van der Waals surface area contributed by atoms with Gasteiger partial charge in [-0.3, -0.25) is 0 Å². The third-order valence-electron chi connectivity index (χ3n) is 2.62. The van der Waals surface area contributed by atoms with E-state index >= 15 is 0 Å². The Labute approximate surface area is 122 Å². The van der Waals surface area contributed by atoms with Gasteiger partial charge < -0.3 is 10.2 Å². The van der Waals surface area contributed by atoms with Gasteiger partial charge in [0.2, 0.25) is 0 Å². The minimum absolute atomic E-state index is 0.237. The SMILES string of the molecule is CC(C)CNCc1csc(N(CC(F)(F)F)C(C)C)n1. The van der Waals surface area contributed by atoms with E-state index < -0.39 is 12.7 Å². The predicted octanol–water partition coefficient (Wildman–Crippen LogP) is 3.67. The van der Waals surface area contributed by atoms with E-state index in [1.807, 2.05) is 5.38 Å². The molecule has 0 aliphatic heterocycles. The first-order valence-corrected chi connectivity index (χ1v) is 7.55. The Morgan fingerprint density at radius 3 is 2.45 bits per heavy atom. The van der Waals surface area contributed by atoms with Crippen LogP contribution in [0.2, 0.25) is 0 Å². The molecule has 1 N–H and O–H groups in total. The zero-order valence-electron chi connectivity index (χ0n) is 12.3. The second-order valence-corrected chi connectivity index (χ2v) is 6.32. The average Bonchev–Trinajstić information content (AvgIpc) is 2.72. The molecule has 1 aromatic heterocycles. The molecule has 0 saturated heterocycles. The number of alkyl halides is 3. The predicted molar refractivity (Wildman–Crippen MR) is 77.2 cm³/mol. The van der Waals surface area contributed by atoms with Gasteiger partial charge in [0.05, 0.1) is 5.69 Å². The van der Waals surface area contributed by atoms with Crippen LogP contribution in [0.25, 0.3) is 0 Å². The van der Waals surface area contributed by atoms with Crippen molar-refractivity contribution in [2.24, 2.45) is 5.92 Å². The molecule has 0 atom stereocenters. The van der Waals surface area contributed by atoms with Crippen molar-refractivity contribution >= 4 is 16.5 Å². The summed E-state index contributed by atoms with van der Waals surface area (Å²) in [5.74, 6) is 0.533. The van der Waals surface area contributed by atoms with Crippen molar-refractivity contribution in [3.63, 3.8) is 0 Å². The third kappa shape index (κ3) is 6.09. The Kier molecular flexibility index (Phi) is 6.26. The van der Waals surface area contributed by atoms with E-state index in [-0.39, 0.29) is 6.04 Å². The summed E-state index contributed by atoms with van der Waals surface area (Å²) in [4.78, 5) is 5.58. The molecular formula is C13H22F3N3S. The molecule has 1 aromatic rings. The van der Waals surface area contributed by atoms with Crippen molar-refractivity contribution < 1.29 is 13.2 Å². The maximum Gasteiger partial charge on any atom is 0.406 e. The van der Waals surface area contributed by atoms with E-state index in [2.05, 4.69) is 24.1 Å². The maximum absolute atomic E-state index is 12.6. The normalized spacial score (nSPS) is 12.4. The number of nitrogens with one attached hydrogen (secondary N) is 1. The summed E-state index contributed by atoms with van der Waals surface area (Å²) in [6, 6.07) is -0.237. The average molecular weight is 309 g/mol. The van der Waals surface area contributed by atoms with Crippen LogP contribution in [0.5, 0.6) is 0 Å². The van der Waals surface area contributed by atoms with E-state index in [1.54, 1.807) is 13.8 Å². The van der Waals surface area contributed by atoms with Gasteiger partial charge in [-0.1, -0.05) is 13.8 Å². The number of nitrogens with zero attached hydrogens (tertiary/aromatic N) is 2. The molecule has 116 valence electrons. The minimum Gasteiger partial charge on any atom is -0.337 e. The molecule has 20 heavy (non-hydrogen) atoms. The number of anilines is 1. The van der Waals surface area contributed by atoms with Crippen LogP contribution in [-0.2, 0) is 6.54 Å². The van der Waals surface area contributed by atoms with Gasteiger partial charge in [-0.2, -0.15) is 13.2 Å².